The summed E-state index contributed by atoms with van der Waals surface area (Å²) >= 11 is 5.96. The minimum Gasteiger partial charge on any atom is -0.399 e. The van der Waals surface area contributed by atoms with Crippen LogP contribution < -0.4 is 11.1 Å². The highest BCUT2D eigenvalue weighted by atomic mass is 35.5. The van der Waals surface area contributed by atoms with Gasteiger partial charge in [-0.1, -0.05) is 11.6 Å². The molecule has 0 spiro atoms. The molecule has 0 aliphatic carbocycles. The summed E-state index contributed by atoms with van der Waals surface area (Å²) in [6.45, 7) is 0.751. The number of rotatable bonds is 3. The Balaban J connectivity index is 1.93. The molecule has 1 aliphatic rings. The molecule has 2 rings (SSSR count). The van der Waals surface area contributed by atoms with Gasteiger partial charge in [0.2, 0.25) is 5.91 Å². The number of halogens is 1. The molecular formula is C12H15ClN2O2. The van der Waals surface area contributed by atoms with Crippen molar-refractivity contribution in [2.24, 2.45) is 0 Å². The Kier molecular flexibility index (Phi) is 3.86. The third-order valence-electron chi connectivity index (χ3n) is 2.70. The zero-order valence-corrected chi connectivity index (χ0v) is 10.2. The second kappa shape index (κ2) is 5.38. The average molecular weight is 255 g/mol. The van der Waals surface area contributed by atoms with Gasteiger partial charge in [-0.15, -0.1) is 0 Å². The molecule has 0 bridgehead atoms. The van der Waals surface area contributed by atoms with Crippen LogP contribution in [-0.4, -0.2) is 18.6 Å². The van der Waals surface area contributed by atoms with Crippen LogP contribution in [0.5, 0.6) is 0 Å². The Bertz CT molecular complexity index is 417. The van der Waals surface area contributed by atoms with E-state index in [1.165, 1.54) is 0 Å². The number of anilines is 2. The van der Waals surface area contributed by atoms with Crippen molar-refractivity contribution in [3.05, 3.63) is 23.2 Å². The highest BCUT2D eigenvalue weighted by Gasteiger charge is 2.19. The number of ether oxygens (including phenoxy) is 1. The molecule has 1 amide bonds. The number of hydrogen-bond donors (Lipinski definition) is 2. The number of nitrogen functional groups attached to an aromatic ring is 1. The van der Waals surface area contributed by atoms with Gasteiger partial charge in [0, 0.05) is 12.3 Å². The van der Waals surface area contributed by atoms with Crippen molar-refractivity contribution < 1.29 is 9.53 Å². The summed E-state index contributed by atoms with van der Waals surface area (Å²) in [5, 5.41) is 3.21. The molecule has 1 fully saturated rings. The van der Waals surface area contributed by atoms with Crippen molar-refractivity contribution in [1.29, 1.82) is 0 Å². The molecule has 92 valence electrons. The lowest BCUT2D eigenvalue weighted by Crippen LogP contribution is -2.19. The average Bonchev–Trinajstić information content (AvgIpc) is 2.75. The van der Waals surface area contributed by atoms with Gasteiger partial charge in [0.15, 0.2) is 0 Å². The van der Waals surface area contributed by atoms with Gasteiger partial charge in [-0.05, 0) is 31.0 Å². The Morgan fingerprint density at radius 3 is 3.06 bits per heavy atom. The second-order valence-electron chi connectivity index (χ2n) is 4.13. The summed E-state index contributed by atoms with van der Waals surface area (Å²) in [6.07, 6.45) is 2.40. The summed E-state index contributed by atoms with van der Waals surface area (Å²) < 4.78 is 5.40. The molecule has 1 aromatic rings. The van der Waals surface area contributed by atoms with Crippen LogP contribution in [0.1, 0.15) is 19.3 Å². The predicted molar refractivity (Wildman–Crippen MR) is 68.1 cm³/mol. The van der Waals surface area contributed by atoms with Crippen molar-refractivity contribution in [3.63, 3.8) is 0 Å². The van der Waals surface area contributed by atoms with Crippen LogP contribution in [0.25, 0.3) is 0 Å². The predicted octanol–water partition coefficient (Wildman–Crippen LogP) is 2.43. The molecule has 1 atom stereocenters. The van der Waals surface area contributed by atoms with E-state index in [-0.39, 0.29) is 12.0 Å². The maximum absolute atomic E-state index is 11.7. The number of nitrogens with one attached hydrogen (secondary N) is 1. The number of benzene rings is 1. The van der Waals surface area contributed by atoms with Crippen LogP contribution in [-0.2, 0) is 9.53 Å². The van der Waals surface area contributed by atoms with E-state index in [4.69, 9.17) is 22.1 Å². The fraction of sp³-hybridized carbons (Fsp3) is 0.417. The summed E-state index contributed by atoms with van der Waals surface area (Å²) in [5.41, 5.74) is 6.74. The highest BCUT2D eigenvalue weighted by Crippen LogP contribution is 2.24. The zero-order valence-electron chi connectivity index (χ0n) is 9.41. The first-order chi connectivity index (χ1) is 8.15. The summed E-state index contributed by atoms with van der Waals surface area (Å²) in [7, 11) is 0. The van der Waals surface area contributed by atoms with Crippen molar-refractivity contribution in [2.45, 2.75) is 25.4 Å². The van der Waals surface area contributed by atoms with Gasteiger partial charge in [0.25, 0.3) is 0 Å². The largest absolute Gasteiger partial charge is 0.399 e. The normalized spacial score (nSPS) is 19.2. The number of amides is 1. The molecule has 4 nitrogen and oxygen atoms in total. The third-order valence-corrected chi connectivity index (χ3v) is 3.02. The Morgan fingerprint density at radius 1 is 1.59 bits per heavy atom. The van der Waals surface area contributed by atoms with Gasteiger partial charge in [-0.25, -0.2) is 0 Å². The standard InChI is InChI=1S/C12H15ClN2O2/c13-10-6-8(14)3-4-11(10)15-12(16)7-9-2-1-5-17-9/h3-4,6,9H,1-2,5,7,14H2,(H,15,16). The van der Waals surface area contributed by atoms with Crippen molar-refractivity contribution >= 4 is 28.9 Å². The minimum absolute atomic E-state index is 0.0440. The van der Waals surface area contributed by atoms with Gasteiger partial charge in [0.1, 0.15) is 0 Å². The van der Waals surface area contributed by atoms with E-state index in [0.29, 0.717) is 22.8 Å². The van der Waals surface area contributed by atoms with Gasteiger partial charge in [0.05, 0.1) is 23.2 Å². The number of hydrogen-bond acceptors (Lipinski definition) is 3. The molecule has 5 heteroatoms. The quantitative estimate of drug-likeness (QED) is 0.815. The lowest BCUT2D eigenvalue weighted by Gasteiger charge is -2.11. The Hall–Kier alpha value is -1.26. The summed E-state index contributed by atoms with van der Waals surface area (Å²) in [5.74, 6) is -0.0800. The molecule has 1 unspecified atom stereocenters. The van der Waals surface area contributed by atoms with Crippen LogP contribution in [0, 0.1) is 0 Å². The van der Waals surface area contributed by atoms with Crippen LogP contribution in [0.2, 0.25) is 5.02 Å². The molecule has 0 aromatic heterocycles. The molecule has 1 heterocycles. The van der Waals surface area contributed by atoms with Crippen molar-refractivity contribution in [2.75, 3.05) is 17.7 Å². The lowest BCUT2D eigenvalue weighted by atomic mass is 10.1. The van der Waals surface area contributed by atoms with E-state index < -0.39 is 0 Å². The summed E-state index contributed by atoms with van der Waals surface area (Å²) in [4.78, 5) is 11.7. The molecule has 1 aliphatic heterocycles. The van der Waals surface area contributed by atoms with Gasteiger partial charge in [-0.2, -0.15) is 0 Å². The molecular weight excluding hydrogens is 240 g/mol. The third kappa shape index (κ3) is 3.35. The number of carbonyl (C=O) groups is 1. The van der Waals surface area contributed by atoms with Crippen molar-refractivity contribution in [3.8, 4) is 0 Å². The topological polar surface area (TPSA) is 64.3 Å². The first-order valence-electron chi connectivity index (χ1n) is 5.61. The smallest absolute Gasteiger partial charge is 0.227 e. The molecule has 17 heavy (non-hydrogen) atoms. The number of carbonyl (C=O) groups excluding carboxylic acids is 1. The fourth-order valence-corrected chi connectivity index (χ4v) is 2.08. The van der Waals surface area contributed by atoms with E-state index in [9.17, 15) is 4.79 Å². The Morgan fingerprint density at radius 2 is 2.41 bits per heavy atom. The molecule has 1 saturated heterocycles. The highest BCUT2D eigenvalue weighted by molar-refractivity contribution is 6.34. The van der Waals surface area contributed by atoms with E-state index in [0.717, 1.165) is 19.4 Å². The SMILES string of the molecule is Nc1ccc(NC(=O)CC2CCCO2)c(Cl)c1. The second-order valence-corrected chi connectivity index (χ2v) is 4.53. The van der Waals surface area contributed by atoms with Gasteiger partial charge in [-0.3, -0.25) is 4.79 Å². The molecule has 0 radical (unpaired) electrons. The number of nitrogens with two attached hydrogens (primary N) is 1. The van der Waals surface area contributed by atoms with Crippen LogP contribution >= 0.6 is 11.6 Å². The minimum atomic E-state index is -0.0800. The van der Waals surface area contributed by atoms with E-state index >= 15 is 0 Å². The summed E-state index contributed by atoms with van der Waals surface area (Å²) in [6, 6.07) is 5.02. The van der Waals surface area contributed by atoms with E-state index in [1.54, 1.807) is 18.2 Å². The fourth-order valence-electron chi connectivity index (χ4n) is 1.85. The van der Waals surface area contributed by atoms with Crippen LogP contribution in [0.4, 0.5) is 11.4 Å². The van der Waals surface area contributed by atoms with Gasteiger partial charge < -0.3 is 15.8 Å². The van der Waals surface area contributed by atoms with Gasteiger partial charge >= 0.3 is 0 Å². The first kappa shape index (κ1) is 12.2. The molecule has 0 saturated carbocycles. The van der Waals surface area contributed by atoms with E-state index in [1.807, 2.05) is 0 Å². The molecule has 3 N–H and O–H groups in total. The van der Waals surface area contributed by atoms with Crippen LogP contribution in [0.15, 0.2) is 18.2 Å². The monoisotopic (exact) mass is 254 g/mol. The molecule has 1 aromatic carbocycles. The maximum Gasteiger partial charge on any atom is 0.227 e. The van der Waals surface area contributed by atoms with E-state index in [2.05, 4.69) is 5.32 Å². The zero-order chi connectivity index (χ0) is 12.3. The lowest BCUT2D eigenvalue weighted by molar-refractivity contribution is -0.118. The van der Waals surface area contributed by atoms with Crippen molar-refractivity contribution in [1.82, 2.24) is 0 Å². The van der Waals surface area contributed by atoms with Crippen LogP contribution in [0.3, 0.4) is 0 Å². The first-order valence-corrected chi connectivity index (χ1v) is 5.99. The Labute approximate surface area is 105 Å². The maximum atomic E-state index is 11.7.